The van der Waals surface area contributed by atoms with Crippen LogP contribution in [0.25, 0.3) is 0 Å². The van der Waals surface area contributed by atoms with Crippen LogP contribution in [0.1, 0.15) is 34.1 Å². The Morgan fingerprint density at radius 2 is 1.81 bits per heavy atom. The molecule has 0 bridgehead atoms. The molecule has 0 aliphatic carbocycles. The summed E-state index contributed by atoms with van der Waals surface area (Å²) in [5.41, 5.74) is 4.37. The fourth-order valence-electron chi connectivity index (χ4n) is 0.960. The molecular weight excluding hydrogens is 212 g/mol. The molecular formula is C10H18N2O4. The molecule has 1 atom stereocenters. The van der Waals surface area contributed by atoms with Crippen molar-refractivity contribution in [3.63, 3.8) is 0 Å². The highest BCUT2D eigenvalue weighted by atomic mass is 16.6. The van der Waals surface area contributed by atoms with E-state index in [4.69, 9.17) is 10.5 Å². The van der Waals surface area contributed by atoms with Crippen molar-refractivity contribution in [2.45, 2.75) is 45.8 Å². The molecule has 3 N–H and O–H groups in total. The van der Waals surface area contributed by atoms with Crippen LogP contribution in [0.4, 0.5) is 4.79 Å². The number of hydrogen-bond acceptors (Lipinski definition) is 4. The Hall–Kier alpha value is -1.59. The van der Waals surface area contributed by atoms with Gasteiger partial charge in [-0.1, -0.05) is 0 Å². The van der Waals surface area contributed by atoms with Crippen LogP contribution in [0, 0.1) is 0 Å². The lowest BCUT2D eigenvalue weighted by Gasteiger charge is -2.21. The van der Waals surface area contributed by atoms with E-state index in [1.165, 1.54) is 6.92 Å². The van der Waals surface area contributed by atoms with Crippen LogP contribution in [-0.2, 0) is 14.3 Å². The number of nitrogens with two attached hydrogens (primary N) is 1. The van der Waals surface area contributed by atoms with Crippen LogP contribution in [0.15, 0.2) is 0 Å². The lowest BCUT2D eigenvalue weighted by Crippen LogP contribution is -2.47. The molecule has 0 rings (SSSR count). The van der Waals surface area contributed by atoms with Crippen molar-refractivity contribution in [3.05, 3.63) is 0 Å². The standard InChI is InChI=1S/C10H18N2O4/c1-6(13)5-7(8(11)14)12-9(15)16-10(2,3)4/h7H,5H2,1-4H3,(H2,11,14)(H,12,15)/t7-/m0/s1. The van der Waals surface area contributed by atoms with E-state index in [1.807, 2.05) is 0 Å². The van der Waals surface area contributed by atoms with E-state index in [-0.39, 0.29) is 12.2 Å². The number of ketones is 1. The molecule has 0 aromatic heterocycles. The first-order valence-electron chi connectivity index (χ1n) is 4.90. The third-order valence-corrected chi connectivity index (χ3v) is 1.53. The summed E-state index contributed by atoms with van der Waals surface area (Å²) in [5, 5.41) is 2.25. The summed E-state index contributed by atoms with van der Waals surface area (Å²) < 4.78 is 4.93. The molecule has 0 radical (unpaired) electrons. The zero-order valence-corrected chi connectivity index (χ0v) is 9.99. The Labute approximate surface area is 94.5 Å². The fraction of sp³-hybridized carbons (Fsp3) is 0.700. The molecule has 16 heavy (non-hydrogen) atoms. The molecule has 0 spiro atoms. The van der Waals surface area contributed by atoms with Gasteiger partial charge in [-0.15, -0.1) is 0 Å². The van der Waals surface area contributed by atoms with Gasteiger partial charge in [-0.2, -0.15) is 0 Å². The van der Waals surface area contributed by atoms with Gasteiger partial charge >= 0.3 is 6.09 Å². The summed E-state index contributed by atoms with van der Waals surface area (Å²) in [6.07, 6.45) is -0.897. The van der Waals surface area contributed by atoms with Crippen molar-refractivity contribution in [2.24, 2.45) is 5.73 Å². The van der Waals surface area contributed by atoms with Crippen molar-refractivity contribution in [2.75, 3.05) is 0 Å². The summed E-state index contributed by atoms with van der Waals surface area (Å²) in [4.78, 5) is 33.1. The normalized spacial score (nSPS) is 12.8. The number of alkyl carbamates (subject to hydrolysis) is 1. The van der Waals surface area contributed by atoms with E-state index in [0.717, 1.165) is 0 Å². The maximum atomic E-state index is 11.3. The van der Waals surface area contributed by atoms with Crippen LogP contribution in [0.2, 0.25) is 0 Å². The molecule has 0 aliphatic heterocycles. The molecule has 92 valence electrons. The zero-order chi connectivity index (χ0) is 12.9. The molecule has 0 aromatic carbocycles. The maximum Gasteiger partial charge on any atom is 0.408 e. The molecule has 0 heterocycles. The number of carbonyl (C=O) groups excluding carboxylic acids is 3. The van der Waals surface area contributed by atoms with Crippen LogP contribution in [-0.4, -0.2) is 29.4 Å². The van der Waals surface area contributed by atoms with E-state index < -0.39 is 23.6 Å². The Morgan fingerprint density at radius 1 is 1.31 bits per heavy atom. The van der Waals surface area contributed by atoms with Crippen molar-refractivity contribution in [3.8, 4) is 0 Å². The van der Waals surface area contributed by atoms with E-state index in [1.54, 1.807) is 20.8 Å². The van der Waals surface area contributed by atoms with Crippen LogP contribution >= 0.6 is 0 Å². The molecule has 0 aromatic rings. The fourth-order valence-corrected chi connectivity index (χ4v) is 0.960. The Bertz CT molecular complexity index is 294. The second kappa shape index (κ2) is 5.48. The first-order chi connectivity index (χ1) is 7.11. The summed E-state index contributed by atoms with van der Waals surface area (Å²) in [6, 6.07) is -1.02. The lowest BCUT2D eigenvalue weighted by molar-refractivity contribution is -0.124. The monoisotopic (exact) mass is 230 g/mol. The smallest absolute Gasteiger partial charge is 0.408 e. The number of Topliss-reactive ketones (excluding diaryl/α,β-unsaturated/α-hetero) is 1. The molecule has 0 saturated heterocycles. The first kappa shape index (κ1) is 14.4. The summed E-state index contributed by atoms with van der Waals surface area (Å²) in [7, 11) is 0. The lowest BCUT2D eigenvalue weighted by atomic mass is 10.1. The number of rotatable bonds is 4. The molecule has 0 unspecified atom stereocenters. The Morgan fingerprint density at radius 3 is 2.12 bits per heavy atom. The van der Waals surface area contributed by atoms with E-state index in [2.05, 4.69) is 5.32 Å². The van der Waals surface area contributed by atoms with Crippen LogP contribution in [0.5, 0.6) is 0 Å². The molecule has 0 saturated carbocycles. The zero-order valence-electron chi connectivity index (χ0n) is 9.99. The molecule has 6 nitrogen and oxygen atoms in total. The van der Waals surface area contributed by atoms with Gasteiger partial charge in [-0.3, -0.25) is 9.59 Å². The number of ether oxygens (including phenoxy) is 1. The highest BCUT2D eigenvalue weighted by Crippen LogP contribution is 2.07. The van der Waals surface area contributed by atoms with Crippen molar-refractivity contribution < 1.29 is 19.1 Å². The van der Waals surface area contributed by atoms with Crippen molar-refractivity contribution in [1.82, 2.24) is 5.32 Å². The number of hydrogen-bond donors (Lipinski definition) is 2. The van der Waals surface area contributed by atoms with Gasteiger partial charge in [0.15, 0.2) is 0 Å². The second-order valence-electron chi connectivity index (χ2n) is 4.51. The molecule has 0 aliphatic rings. The van der Waals surface area contributed by atoms with Gasteiger partial charge in [0.25, 0.3) is 0 Å². The number of primary amides is 1. The second-order valence-corrected chi connectivity index (χ2v) is 4.51. The van der Waals surface area contributed by atoms with E-state index in [0.29, 0.717) is 0 Å². The predicted octanol–water partition coefficient (Wildman–Crippen LogP) is 0.344. The highest BCUT2D eigenvalue weighted by Gasteiger charge is 2.23. The molecule has 0 fully saturated rings. The predicted molar refractivity (Wildman–Crippen MR) is 57.7 cm³/mol. The van der Waals surface area contributed by atoms with Gasteiger partial charge in [0.05, 0.1) is 0 Å². The number of amides is 2. The van der Waals surface area contributed by atoms with Crippen LogP contribution < -0.4 is 11.1 Å². The number of carbonyl (C=O) groups is 3. The topological polar surface area (TPSA) is 98.5 Å². The van der Waals surface area contributed by atoms with E-state index >= 15 is 0 Å². The van der Waals surface area contributed by atoms with Gasteiger partial charge in [0.1, 0.15) is 17.4 Å². The summed E-state index contributed by atoms with van der Waals surface area (Å²) >= 11 is 0. The van der Waals surface area contributed by atoms with Gasteiger partial charge in [-0.05, 0) is 27.7 Å². The number of nitrogens with one attached hydrogen (secondary N) is 1. The van der Waals surface area contributed by atoms with Crippen molar-refractivity contribution in [1.29, 1.82) is 0 Å². The minimum Gasteiger partial charge on any atom is -0.444 e. The van der Waals surface area contributed by atoms with Crippen LogP contribution in [0.3, 0.4) is 0 Å². The highest BCUT2D eigenvalue weighted by molar-refractivity contribution is 5.89. The third-order valence-electron chi connectivity index (χ3n) is 1.53. The van der Waals surface area contributed by atoms with Gasteiger partial charge in [0.2, 0.25) is 5.91 Å². The Balaban J connectivity index is 4.35. The van der Waals surface area contributed by atoms with E-state index in [9.17, 15) is 14.4 Å². The average Bonchev–Trinajstić information content (AvgIpc) is 1.97. The van der Waals surface area contributed by atoms with Gasteiger partial charge < -0.3 is 15.8 Å². The average molecular weight is 230 g/mol. The minimum atomic E-state index is -1.02. The van der Waals surface area contributed by atoms with Gasteiger partial charge in [0, 0.05) is 6.42 Å². The third kappa shape index (κ3) is 6.80. The molecule has 2 amide bonds. The summed E-state index contributed by atoms with van der Waals surface area (Å²) in [5.74, 6) is -0.999. The minimum absolute atomic E-state index is 0.130. The molecule has 6 heteroatoms. The quantitative estimate of drug-likeness (QED) is 0.727. The first-order valence-corrected chi connectivity index (χ1v) is 4.90. The largest absolute Gasteiger partial charge is 0.444 e. The summed E-state index contributed by atoms with van der Waals surface area (Å²) in [6.45, 7) is 6.39. The Kier molecular flexibility index (Phi) is 4.94. The van der Waals surface area contributed by atoms with Crippen molar-refractivity contribution >= 4 is 17.8 Å². The maximum absolute atomic E-state index is 11.3. The SMILES string of the molecule is CC(=O)C[C@H](NC(=O)OC(C)(C)C)C(N)=O. The van der Waals surface area contributed by atoms with Gasteiger partial charge in [-0.25, -0.2) is 4.79 Å².